The molecular formula is C18H20F2N4O3S. The maximum Gasteiger partial charge on any atom is 0.248 e. The van der Waals surface area contributed by atoms with Crippen LogP contribution >= 0.6 is 0 Å². The number of alkyl halides is 2. The summed E-state index contributed by atoms with van der Waals surface area (Å²) in [6.45, 7) is 0.532. The molecule has 1 aromatic carbocycles. The van der Waals surface area contributed by atoms with Crippen molar-refractivity contribution in [2.24, 2.45) is 5.92 Å². The molecule has 0 spiro atoms. The minimum absolute atomic E-state index is 0.143. The molecule has 2 aromatic heterocycles. The van der Waals surface area contributed by atoms with E-state index in [0.29, 0.717) is 29.7 Å². The summed E-state index contributed by atoms with van der Waals surface area (Å²) in [5, 5.41) is 8.70. The van der Waals surface area contributed by atoms with E-state index in [1.807, 2.05) is 24.4 Å². The molecule has 1 saturated carbocycles. The quantitative estimate of drug-likeness (QED) is 0.644. The number of halogens is 2. The first-order chi connectivity index (χ1) is 13.4. The second kappa shape index (κ2) is 7.50. The molecular weight excluding hydrogens is 390 g/mol. The van der Waals surface area contributed by atoms with E-state index in [9.17, 15) is 13.0 Å². The third-order valence-electron chi connectivity index (χ3n) is 4.82. The zero-order valence-corrected chi connectivity index (χ0v) is 16.0. The van der Waals surface area contributed by atoms with Crippen LogP contribution in [0.25, 0.3) is 11.0 Å². The number of aromatic nitrogens is 3. The monoisotopic (exact) mass is 410 g/mol. The van der Waals surface area contributed by atoms with Gasteiger partial charge in [0.05, 0.1) is 13.7 Å². The standard InChI is InChI=1S/C18H20F2N4O3S/c1-26-14-7-13(10-24-6-2-5-21-24)8-15-16(14)17(22-27-15)23-28(25)11-12-3-4-18(19,20)9-12/h2,5-8,12H,3-4,9-11H2,1H3,(H,22,23). The van der Waals surface area contributed by atoms with Crippen LogP contribution in [0.2, 0.25) is 0 Å². The van der Waals surface area contributed by atoms with Crippen LogP contribution in [0.15, 0.2) is 35.1 Å². The predicted molar refractivity (Wildman–Crippen MR) is 101 cm³/mol. The Labute approximate surface area is 162 Å². The lowest BCUT2D eigenvalue weighted by molar-refractivity contribution is 0.00594. The van der Waals surface area contributed by atoms with Gasteiger partial charge in [0.15, 0.2) is 11.4 Å². The van der Waals surface area contributed by atoms with Crippen LogP contribution in [0, 0.1) is 5.92 Å². The maximum absolute atomic E-state index is 13.3. The molecule has 1 fully saturated rings. The minimum atomic E-state index is -2.65. The van der Waals surface area contributed by atoms with Gasteiger partial charge in [0.1, 0.15) is 22.1 Å². The molecule has 10 heteroatoms. The zero-order valence-electron chi connectivity index (χ0n) is 15.2. The van der Waals surface area contributed by atoms with E-state index in [0.717, 1.165) is 5.56 Å². The Balaban J connectivity index is 1.52. The number of hydrogen-bond acceptors (Lipinski definition) is 5. The van der Waals surface area contributed by atoms with Gasteiger partial charge in [0.25, 0.3) is 0 Å². The van der Waals surface area contributed by atoms with Crippen LogP contribution in [-0.2, 0) is 17.5 Å². The summed E-state index contributed by atoms with van der Waals surface area (Å²) in [5.41, 5.74) is 1.39. The lowest BCUT2D eigenvalue weighted by Crippen LogP contribution is -2.17. The van der Waals surface area contributed by atoms with Crippen molar-refractivity contribution in [2.45, 2.75) is 31.7 Å². The van der Waals surface area contributed by atoms with Crippen molar-refractivity contribution >= 4 is 27.8 Å². The van der Waals surface area contributed by atoms with Crippen molar-refractivity contribution in [2.75, 3.05) is 17.6 Å². The molecule has 150 valence electrons. The van der Waals surface area contributed by atoms with Crippen LogP contribution in [0.3, 0.4) is 0 Å². The molecule has 0 saturated heterocycles. The number of rotatable bonds is 7. The average Bonchev–Trinajstić information content (AvgIpc) is 3.36. The van der Waals surface area contributed by atoms with Crippen LogP contribution in [0.4, 0.5) is 14.6 Å². The normalized spacial score (nSPS) is 19.8. The van der Waals surface area contributed by atoms with Gasteiger partial charge < -0.3 is 9.26 Å². The highest BCUT2D eigenvalue weighted by Gasteiger charge is 2.40. The topological polar surface area (TPSA) is 82.2 Å². The van der Waals surface area contributed by atoms with Gasteiger partial charge in [-0.15, -0.1) is 0 Å². The first-order valence-electron chi connectivity index (χ1n) is 8.90. The summed E-state index contributed by atoms with van der Waals surface area (Å²) in [6, 6.07) is 5.49. The smallest absolute Gasteiger partial charge is 0.248 e. The van der Waals surface area contributed by atoms with Crippen molar-refractivity contribution in [1.29, 1.82) is 0 Å². The molecule has 2 atom stereocenters. The molecule has 0 amide bonds. The number of benzene rings is 1. The first-order valence-corrected chi connectivity index (χ1v) is 10.2. The number of ether oxygens (including phenoxy) is 1. The molecule has 0 radical (unpaired) electrons. The molecule has 7 nitrogen and oxygen atoms in total. The molecule has 0 bridgehead atoms. The van der Waals surface area contributed by atoms with Gasteiger partial charge in [0.2, 0.25) is 5.92 Å². The second-order valence-corrected chi connectivity index (χ2v) is 8.21. The highest BCUT2D eigenvalue weighted by Crippen LogP contribution is 2.39. The third-order valence-corrected chi connectivity index (χ3v) is 6.02. The van der Waals surface area contributed by atoms with Crippen molar-refractivity contribution < 1.29 is 22.2 Å². The summed E-state index contributed by atoms with van der Waals surface area (Å²) in [5.74, 6) is -1.98. The molecule has 28 heavy (non-hydrogen) atoms. The molecule has 2 unspecified atom stereocenters. The first kappa shape index (κ1) is 18.9. The fraction of sp³-hybridized carbons (Fsp3) is 0.444. The van der Waals surface area contributed by atoms with Crippen LogP contribution in [-0.4, -0.2) is 37.9 Å². The van der Waals surface area contributed by atoms with E-state index >= 15 is 0 Å². The average molecular weight is 410 g/mol. The summed E-state index contributed by atoms with van der Waals surface area (Å²) < 4.78 is 54.5. The van der Waals surface area contributed by atoms with Gasteiger partial charge >= 0.3 is 0 Å². The number of methoxy groups -OCH3 is 1. The summed E-state index contributed by atoms with van der Waals surface area (Å²) in [6.07, 6.45) is 3.55. The van der Waals surface area contributed by atoms with Crippen LogP contribution in [0.1, 0.15) is 24.8 Å². The van der Waals surface area contributed by atoms with Crippen molar-refractivity contribution in [3.05, 3.63) is 36.2 Å². The van der Waals surface area contributed by atoms with Gasteiger partial charge in [-0.3, -0.25) is 9.40 Å². The van der Waals surface area contributed by atoms with E-state index in [4.69, 9.17) is 9.26 Å². The molecule has 0 aliphatic heterocycles. The Morgan fingerprint density at radius 1 is 1.46 bits per heavy atom. The SMILES string of the molecule is COc1cc(Cn2cccn2)cc2onc(NS(=O)CC3CCC(F)(F)C3)c12. The zero-order chi connectivity index (χ0) is 19.7. The highest BCUT2D eigenvalue weighted by atomic mass is 32.2. The van der Waals surface area contributed by atoms with Crippen LogP contribution < -0.4 is 9.46 Å². The number of anilines is 1. The van der Waals surface area contributed by atoms with Gasteiger partial charge in [-0.05, 0) is 36.1 Å². The van der Waals surface area contributed by atoms with Gasteiger partial charge in [-0.25, -0.2) is 13.0 Å². The number of hydrogen-bond donors (Lipinski definition) is 1. The summed E-state index contributed by atoms with van der Waals surface area (Å²) in [4.78, 5) is 0. The molecule has 3 aromatic rings. The van der Waals surface area contributed by atoms with E-state index in [2.05, 4.69) is 15.0 Å². The van der Waals surface area contributed by atoms with Gasteiger partial charge in [0, 0.05) is 31.0 Å². The lowest BCUT2D eigenvalue weighted by atomic mass is 10.1. The Morgan fingerprint density at radius 3 is 3.00 bits per heavy atom. The van der Waals surface area contributed by atoms with Crippen molar-refractivity contribution in [3.8, 4) is 5.75 Å². The maximum atomic E-state index is 13.3. The second-order valence-electron chi connectivity index (χ2n) is 6.99. The number of nitrogens with zero attached hydrogens (tertiary/aromatic N) is 3. The van der Waals surface area contributed by atoms with E-state index in [1.54, 1.807) is 10.9 Å². The Bertz CT molecular complexity index is 990. The summed E-state index contributed by atoms with van der Waals surface area (Å²) in [7, 11) is -0.0171. The van der Waals surface area contributed by atoms with E-state index < -0.39 is 16.9 Å². The Hall–Kier alpha value is -2.49. The van der Waals surface area contributed by atoms with Crippen molar-refractivity contribution in [1.82, 2.24) is 14.9 Å². The molecule has 1 aliphatic rings. The summed E-state index contributed by atoms with van der Waals surface area (Å²) >= 11 is 0. The fourth-order valence-corrected chi connectivity index (χ4v) is 4.69. The predicted octanol–water partition coefficient (Wildman–Crippen LogP) is 3.59. The van der Waals surface area contributed by atoms with Crippen molar-refractivity contribution in [3.63, 3.8) is 0 Å². The number of fused-ring (bicyclic) bond motifs is 1. The molecule has 2 heterocycles. The minimum Gasteiger partial charge on any atom is -0.496 e. The molecule has 1 N–H and O–H groups in total. The molecule has 4 rings (SSSR count). The Kier molecular flexibility index (Phi) is 5.05. The van der Waals surface area contributed by atoms with E-state index in [-0.39, 0.29) is 30.3 Å². The Morgan fingerprint density at radius 2 is 2.32 bits per heavy atom. The van der Waals surface area contributed by atoms with E-state index in [1.165, 1.54) is 7.11 Å². The fourth-order valence-electron chi connectivity index (χ4n) is 3.54. The van der Waals surface area contributed by atoms with Gasteiger partial charge in [-0.2, -0.15) is 5.10 Å². The van der Waals surface area contributed by atoms with Crippen LogP contribution in [0.5, 0.6) is 5.75 Å². The van der Waals surface area contributed by atoms with Gasteiger partial charge in [-0.1, -0.05) is 5.16 Å². The largest absolute Gasteiger partial charge is 0.496 e. The number of nitrogens with one attached hydrogen (secondary N) is 1. The lowest BCUT2D eigenvalue weighted by Gasteiger charge is -2.11. The third kappa shape index (κ3) is 4.01. The highest BCUT2D eigenvalue weighted by molar-refractivity contribution is 7.86. The molecule has 1 aliphatic carbocycles.